The maximum atomic E-state index is 12.0. The van der Waals surface area contributed by atoms with Crippen molar-refractivity contribution in [1.82, 2.24) is 10.1 Å². The smallest absolute Gasteiger partial charge is 0.379 e. The number of benzene rings is 2. The first-order valence-corrected chi connectivity index (χ1v) is 9.77. The van der Waals surface area contributed by atoms with E-state index in [4.69, 9.17) is 9.26 Å². The van der Waals surface area contributed by atoms with E-state index in [2.05, 4.69) is 40.2 Å². The van der Waals surface area contributed by atoms with Crippen LogP contribution in [-0.4, -0.2) is 29.8 Å². The number of carbonyl (C=O) groups is 1. The minimum Gasteiger partial charge on any atom is -0.384 e. The van der Waals surface area contributed by atoms with Crippen LogP contribution in [0.25, 0.3) is 22.5 Å². The third kappa shape index (κ3) is 4.18. The molecule has 0 saturated carbocycles. The summed E-state index contributed by atoms with van der Waals surface area (Å²) in [7, 11) is 1.69. The molecule has 1 aliphatic carbocycles. The molecule has 1 aromatic heterocycles. The Morgan fingerprint density at radius 1 is 1.10 bits per heavy atom. The molecule has 0 saturated heterocycles. The fourth-order valence-electron chi connectivity index (χ4n) is 3.89. The monoisotopic (exact) mass is 420 g/mol. The number of aromatic nitrogens is 2. The van der Waals surface area contributed by atoms with Gasteiger partial charge in [0.25, 0.3) is 5.89 Å². The van der Waals surface area contributed by atoms with E-state index >= 15 is 0 Å². The summed E-state index contributed by atoms with van der Waals surface area (Å²) in [5, 5.41) is 4.06. The van der Waals surface area contributed by atoms with Gasteiger partial charge < -0.3 is 9.26 Å². The number of ether oxygens (including phenoxy) is 1. The summed E-state index contributed by atoms with van der Waals surface area (Å²) in [6.45, 7) is 2.69. The van der Waals surface area contributed by atoms with Crippen molar-refractivity contribution in [3.05, 3.63) is 83.8 Å². The van der Waals surface area contributed by atoms with Gasteiger partial charge in [-0.1, -0.05) is 66.7 Å². The van der Waals surface area contributed by atoms with Gasteiger partial charge in [0, 0.05) is 28.2 Å². The Bertz CT molecular complexity index is 1140. The normalized spacial score (nSPS) is 18.3. The van der Waals surface area contributed by atoms with Gasteiger partial charge in [0.05, 0.1) is 12.2 Å². The Hall–Kier alpha value is -3.58. The fraction of sp³-hybridized carbons (Fsp3) is 0.208. The van der Waals surface area contributed by atoms with E-state index in [-0.39, 0.29) is 11.0 Å². The van der Waals surface area contributed by atoms with Crippen molar-refractivity contribution < 1.29 is 23.5 Å². The number of hydrogen-bond donors (Lipinski definition) is 0. The molecule has 7 heteroatoms. The van der Waals surface area contributed by atoms with Crippen molar-refractivity contribution >= 4 is 17.1 Å². The largest absolute Gasteiger partial charge is 0.384 e. The lowest BCUT2D eigenvalue weighted by Gasteiger charge is -2.34. The second kappa shape index (κ2) is 8.65. The van der Waals surface area contributed by atoms with E-state index in [1.807, 2.05) is 24.3 Å². The highest BCUT2D eigenvalue weighted by atomic mass is 19.3. The average Bonchev–Trinajstić information content (AvgIpc) is 3.29. The predicted molar refractivity (Wildman–Crippen MR) is 113 cm³/mol. The first-order chi connectivity index (χ1) is 15.0. The zero-order valence-electron chi connectivity index (χ0n) is 17.2. The van der Waals surface area contributed by atoms with Crippen molar-refractivity contribution in [2.45, 2.75) is 13.3 Å². The first-order valence-electron chi connectivity index (χ1n) is 9.77. The molecule has 0 aliphatic heterocycles. The predicted octanol–water partition coefficient (Wildman–Crippen LogP) is 5.30. The second-order valence-corrected chi connectivity index (χ2v) is 7.67. The third-order valence-corrected chi connectivity index (χ3v) is 5.38. The summed E-state index contributed by atoms with van der Waals surface area (Å²) in [5.74, 6) is -0.249. The van der Waals surface area contributed by atoms with E-state index in [0.29, 0.717) is 30.3 Å². The van der Waals surface area contributed by atoms with E-state index in [1.165, 1.54) is 17.7 Å². The zero-order valence-corrected chi connectivity index (χ0v) is 17.2. The van der Waals surface area contributed by atoms with E-state index in [0.717, 1.165) is 11.1 Å². The second-order valence-electron chi connectivity index (χ2n) is 7.67. The van der Waals surface area contributed by atoms with Crippen LogP contribution < -0.4 is 0 Å². The Labute approximate surface area is 178 Å². The molecule has 31 heavy (non-hydrogen) atoms. The fourth-order valence-corrected chi connectivity index (χ4v) is 3.89. The van der Waals surface area contributed by atoms with Crippen molar-refractivity contribution in [2.24, 2.45) is 5.41 Å². The third-order valence-electron chi connectivity index (χ3n) is 5.38. The molecule has 6 nitrogen and oxygen atoms in total. The van der Waals surface area contributed by atoms with Crippen LogP contribution in [0.3, 0.4) is 0 Å². The molecule has 0 fully saturated rings. The lowest BCUT2D eigenvalue weighted by atomic mass is 9.71. The highest BCUT2D eigenvalue weighted by molar-refractivity contribution is 5.89. The number of allylic oxidation sites excluding steroid dienone is 3. The number of hydrogen-bond acceptors (Lipinski definition) is 6. The molecule has 3 aromatic rings. The van der Waals surface area contributed by atoms with Crippen LogP contribution in [0.4, 0.5) is 4.53 Å². The van der Waals surface area contributed by atoms with Crippen molar-refractivity contribution in [2.75, 3.05) is 13.7 Å². The van der Waals surface area contributed by atoms with Gasteiger partial charge in [-0.05, 0) is 29.7 Å². The van der Waals surface area contributed by atoms with Crippen LogP contribution in [0.1, 0.15) is 35.2 Å². The lowest BCUT2D eigenvalue weighted by molar-refractivity contribution is -0.0788. The van der Waals surface area contributed by atoms with Gasteiger partial charge in [0.2, 0.25) is 5.82 Å². The van der Waals surface area contributed by atoms with Gasteiger partial charge in [-0.3, -0.25) is 0 Å². The van der Waals surface area contributed by atoms with Crippen LogP contribution in [-0.2, 0) is 9.68 Å². The van der Waals surface area contributed by atoms with E-state index in [9.17, 15) is 9.32 Å². The topological polar surface area (TPSA) is 74.5 Å². The number of methoxy groups -OCH3 is 1. The zero-order chi connectivity index (χ0) is 21.8. The summed E-state index contributed by atoms with van der Waals surface area (Å²) in [6.07, 6.45) is 4.75. The molecule has 0 bridgehead atoms. The molecule has 1 aliphatic rings. The highest BCUT2D eigenvalue weighted by Gasteiger charge is 2.35. The number of rotatable bonds is 6. The average molecular weight is 420 g/mol. The van der Waals surface area contributed by atoms with Crippen molar-refractivity contribution in [3.63, 3.8) is 0 Å². The van der Waals surface area contributed by atoms with Gasteiger partial charge in [0.1, 0.15) is 0 Å². The Kier molecular flexibility index (Phi) is 5.77. The maximum absolute atomic E-state index is 12.0. The van der Waals surface area contributed by atoms with Gasteiger partial charge in [0.15, 0.2) is 0 Å². The van der Waals surface area contributed by atoms with Crippen LogP contribution in [0.5, 0.6) is 0 Å². The SMILES string of the molecule is COCC1(C)CC(c2nc(-c3ccc(C(=O)OF)cc3)no2)=CC=C1c1ccccc1. The van der Waals surface area contributed by atoms with Gasteiger partial charge in [-0.15, -0.1) is 0 Å². The van der Waals surface area contributed by atoms with Crippen molar-refractivity contribution in [3.8, 4) is 11.4 Å². The Morgan fingerprint density at radius 2 is 1.84 bits per heavy atom. The molecule has 0 N–H and O–H groups in total. The number of nitrogens with zero attached hydrogens (tertiary/aromatic N) is 2. The minimum atomic E-state index is -1.05. The number of halogens is 1. The molecular formula is C24H21FN2O4. The Morgan fingerprint density at radius 3 is 2.52 bits per heavy atom. The minimum absolute atomic E-state index is 0.0962. The van der Waals surface area contributed by atoms with Crippen LogP contribution in [0.2, 0.25) is 0 Å². The molecule has 0 spiro atoms. The summed E-state index contributed by atoms with van der Waals surface area (Å²) in [4.78, 5) is 19.0. The maximum Gasteiger partial charge on any atom is 0.379 e. The molecule has 158 valence electrons. The Balaban J connectivity index is 1.63. The van der Waals surface area contributed by atoms with E-state index in [1.54, 1.807) is 19.2 Å². The molecule has 4 rings (SSSR count). The molecule has 1 atom stereocenters. The van der Waals surface area contributed by atoms with Gasteiger partial charge in [-0.2, -0.15) is 4.98 Å². The summed E-state index contributed by atoms with van der Waals surface area (Å²) in [5.41, 5.74) is 3.73. The van der Waals surface area contributed by atoms with Gasteiger partial charge >= 0.3 is 5.97 Å². The summed E-state index contributed by atoms with van der Waals surface area (Å²) < 4.78 is 23.1. The molecular weight excluding hydrogens is 399 g/mol. The van der Waals surface area contributed by atoms with Crippen LogP contribution >= 0.6 is 0 Å². The molecule has 1 heterocycles. The summed E-state index contributed by atoms with van der Waals surface area (Å²) >= 11 is 0. The van der Waals surface area contributed by atoms with Gasteiger partial charge in [-0.25, -0.2) is 9.74 Å². The number of carbonyl (C=O) groups excluding carboxylic acids is 1. The summed E-state index contributed by atoms with van der Waals surface area (Å²) in [6, 6.07) is 16.3. The highest BCUT2D eigenvalue weighted by Crippen LogP contribution is 2.45. The standard InChI is InChI=1S/C24H21FN2O4/c1-24(15-29-2)14-19(12-13-20(24)16-6-4-3-5-7-16)22-26-21(27-31-22)17-8-10-18(11-9-17)23(28)30-25/h3-13H,14-15H2,1-2H3. The lowest BCUT2D eigenvalue weighted by Crippen LogP contribution is -2.27. The molecule has 1 unspecified atom stereocenters. The van der Waals surface area contributed by atoms with Crippen LogP contribution in [0.15, 0.2) is 71.3 Å². The molecule has 0 amide bonds. The molecule has 0 radical (unpaired) electrons. The van der Waals surface area contributed by atoms with E-state index < -0.39 is 5.97 Å². The van der Waals surface area contributed by atoms with Crippen molar-refractivity contribution in [1.29, 1.82) is 0 Å². The molecule has 2 aromatic carbocycles. The first kappa shape index (κ1) is 20.7. The van der Waals surface area contributed by atoms with Crippen LogP contribution in [0, 0.1) is 5.41 Å². The quantitative estimate of drug-likeness (QED) is 0.539.